The van der Waals surface area contributed by atoms with Crippen LogP contribution in [0, 0.1) is 0 Å². The predicted molar refractivity (Wildman–Crippen MR) is 95.0 cm³/mol. The maximum Gasteiger partial charge on any atom is 0.258 e. The van der Waals surface area contributed by atoms with Crippen molar-refractivity contribution < 1.29 is 19.6 Å². The van der Waals surface area contributed by atoms with Crippen LogP contribution >= 0.6 is 0 Å². The number of aromatic nitrogens is 2. The molecule has 7 nitrogen and oxygen atoms in total. The predicted octanol–water partition coefficient (Wildman–Crippen LogP) is 3.58. The lowest BCUT2D eigenvalue weighted by Crippen LogP contribution is -1.98. The molecule has 2 aromatic carbocycles. The molecule has 26 heavy (non-hydrogen) atoms. The highest BCUT2D eigenvalue weighted by Crippen LogP contribution is 2.37. The third kappa shape index (κ3) is 2.81. The van der Waals surface area contributed by atoms with Crippen molar-refractivity contribution in [2.24, 2.45) is 0 Å². The summed E-state index contributed by atoms with van der Waals surface area (Å²) in [6.45, 7) is 2.36. The molecule has 0 radical (unpaired) electrons. The van der Waals surface area contributed by atoms with Crippen LogP contribution < -0.4 is 10.2 Å². The Morgan fingerprint density at radius 1 is 1.31 bits per heavy atom. The smallest absolute Gasteiger partial charge is 0.258 e. The number of ether oxygens (including phenoxy) is 1. The fourth-order valence-electron chi connectivity index (χ4n) is 3.32. The number of fused-ring (bicyclic) bond motifs is 1. The molecule has 4 rings (SSSR count). The molecule has 0 saturated heterocycles. The van der Waals surface area contributed by atoms with Gasteiger partial charge in [-0.05, 0) is 49.1 Å². The number of aliphatic hydroxyl groups excluding tert-OH is 1. The number of nitrogens with one attached hydrogen (secondary N) is 1. The molecule has 0 aliphatic heterocycles. The Kier molecular flexibility index (Phi) is 4.32. The zero-order valence-corrected chi connectivity index (χ0v) is 14.3. The molecule has 7 heteroatoms. The highest BCUT2D eigenvalue weighted by atomic mass is 16.5. The van der Waals surface area contributed by atoms with Crippen LogP contribution in [0.1, 0.15) is 30.6 Å². The topological polar surface area (TPSA) is 101 Å². The van der Waals surface area contributed by atoms with Gasteiger partial charge in [0.25, 0.3) is 5.89 Å². The molecule has 1 aliphatic carbocycles. The second-order valence-electron chi connectivity index (χ2n) is 6.11. The third-order valence-corrected chi connectivity index (χ3v) is 4.55. The van der Waals surface area contributed by atoms with E-state index < -0.39 is 6.10 Å². The summed E-state index contributed by atoms with van der Waals surface area (Å²) in [5.74, 6) is 1.36. The molecule has 1 heterocycles. The van der Waals surface area contributed by atoms with Crippen LogP contribution in [0.5, 0.6) is 5.75 Å². The Morgan fingerprint density at radius 2 is 2.19 bits per heavy atom. The zero-order chi connectivity index (χ0) is 18.1. The molecule has 1 aromatic heterocycles. The van der Waals surface area contributed by atoms with Crippen molar-refractivity contribution in [1.82, 2.24) is 10.1 Å². The molecule has 3 aromatic rings. The van der Waals surface area contributed by atoms with E-state index in [4.69, 9.17) is 9.26 Å². The first kappa shape index (κ1) is 16.6. The van der Waals surface area contributed by atoms with Gasteiger partial charge in [-0.2, -0.15) is 4.98 Å². The Balaban J connectivity index is 1.70. The molecule has 0 unspecified atom stereocenters. The van der Waals surface area contributed by atoms with Crippen LogP contribution in [-0.2, 0) is 6.42 Å². The summed E-state index contributed by atoms with van der Waals surface area (Å²) in [6, 6.07) is 11.0. The lowest BCUT2D eigenvalue weighted by atomic mass is 10.0. The second kappa shape index (κ2) is 6.78. The summed E-state index contributed by atoms with van der Waals surface area (Å²) in [5, 5.41) is 23.5. The molecule has 0 saturated carbocycles. The summed E-state index contributed by atoms with van der Waals surface area (Å²) < 4.78 is 10.9. The van der Waals surface area contributed by atoms with Crippen molar-refractivity contribution in [3.05, 3.63) is 47.5 Å². The van der Waals surface area contributed by atoms with E-state index in [2.05, 4.69) is 15.6 Å². The molecule has 134 valence electrons. The highest BCUT2D eigenvalue weighted by Gasteiger charge is 2.25. The van der Waals surface area contributed by atoms with Crippen LogP contribution in [0.4, 0.5) is 5.69 Å². The quantitative estimate of drug-likeness (QED) is 0.603. The monoisotopic (exact) mass is 353 g/mol. The fourth-order valence-corrected chi connectivity index (χ4v) is 3.32. The van der Waals surface area contributed by atoms with Crippen LogP contribution in [0.15, 0.2) is 40.9 Å². The molecular weight excluding hydrogens is 334 g/mol. The molecule has 1 aliphatic rings. The van der Waals surface area contributed by atoms with Gasteiger partial charge in [-0.15, -0.1) is 0 Å². The average Bonchev–Trinajstić information content (AvgIpc) is 3.30. The first-order valence-corrected chi connectivity index (χ1v) is 8.52. The van der Waals surface area contributed by atoms with Crippen LogP contribution in [-0.4, -0.2) is 27.1 Å². The van der Waals surface area contributed by atoms with Gasteiger partial charge in [0.2, 0.25) is 5.82 Å². The van der Waals surface area contributed by atoms with E-state index in [1.54, 1.807) is 18.2 Å². The molecule has 0 bridgehead atoms. The molecule has 0 amide bonds. The largest absolute Gasteiger partial charge is 0.492 e. The molecule has 1 atom stereocenters. The van der Waals surface area contributed by atoms with Gasteiger partial charge in [0.1, 0.15) is 11.4 Å². The Labute approximate surface area is 150 Å². The van der Waals surface area contributed by atoms with Crippen LogP contribution in [0.2, 0.25) is 0 Å². The first-order chi connectivity index (χ1) is 12.7. The van der Waals surface area contributed by atoms with Crippen molar-refractivity contribution in [3.8, 4) is 28.6 Å². The van der Waals surface area contributed by atoms with E-state index in [1.807, 2.05) is 25.1 Å². The minimum absolute atomic E-state index is 0.343. The maximum atomic E-state index is 10.1. The number of benzene rings is 2. The Bertz CT molecular complexity index is 938. The number of hydrogen-bond donors (Lipinski definition) is 3. The van der Waals surface area contributed by atoms with Crippen LogP contribution in [0.25, 0.3) is 22.8 Å². The normalized spacial score (nSPS) is 15.7. The summed E-state index contributed by atoms with van der Waals surface area (Å²) >= 11 is 0. The molecular formula is C19H19N3O4. The first-order valence-electron chi connectivity index (χ1n) is 8.52. The third-order valence-electron chi connectivity index (χ3n) is 4.55. The van der Waals surface area contributed by atoms with E-state index in [0.717, 1.165) is 23.1 Å². The lowest BCUT2D eigenvalue weighted by Gasteiger charge is -2.09. The summed E-state index contributed by atoms with van der Waals surface area (Å²) in [7, 11) is 0. The fraction of sp³-hybridized carbons (Fsp3) is 0.263. The van der Waals surface area contributed by atoms with Gasteiger partial charge in [0.05, 0.1) is 12.7 Å². The van der Waals surface area contributed by atoms with E-state index in [1.165, 1.54) is 0 Å². The van der Waals surface area contributed by atoms with Crippen molar-refractivity contribution in [1.29, 1.82) is 0 Å². The second-order valence-corrected chi connectivity index (χ2v) is 6.11. The summed E-state index contributed by atoms with van der Waals surface area (Å²) in [6.07, 6.45) is 1.07. The van der Waals surface area contributed by atoms with Crippen molar-refractivity contribution in [2.75, 3.05) is 12.1 Å². The number of nitrogens with zero attached hydrogens (tertiary/aromatic N) is 2. The standard InChI is InChI=1S/C19H19N3O4/c1-2-25-17-9-6-11(10-15(17)21-24)19-20-18(22-26-19)14-5-3-4-13-12(14)7-8-16(13)23/h3-6,9-10,16,21,23-24H,2,7-8H2,1H3/t16-/m1/s1. The Morgan fingerprint density at radius 3 is 3.00 bits per heavy atom. The van der Waals surface area contributed by atoms with Crippen molar-refractivity contribution in [3.63, 3.8) is 0 Å². The highest BCUT2D eigenvalue weighted by molar-refractivity contribution is 5.69. The van der Waals surface area contributed by atoms with E-state index in [-0.39, 0.29) is 0 Å². The maximum absolute atomic E-state index is 10.1. The summed E-state index contributed by atoms with van der Waals surface area (Å²) in [5.41, 5.74) is 6.09. The van der Waals surface area contributed by atoms with Gasteiger partial charge in [-0.1, -0.05) is 23.4 Å². The van der Waals surface area contributed by atoms with Crippen molar-refractivity contribution in [2.45, 2.75) is 25.9 Å². The average molecular weight is 353 g/mol. The number of rotatable bonds is 5. The molecule has 0 spiro atoms. The van der Waals surface area contributed by atoms with Gasteiger partial charge in [-0.25, -0.2) is 0 Å². The molecule has 0 fully saturated rings. The Hall–Kier alpha value is -2.90. The van der Waals surface area contributed by atoms with Crippen molar-refractivity contribution >= 4 is 5.69 Å². The number of aliphatic hydroxyl groups is 1. The SMILES string of the molecule is CCOc1ccc(-c2nc(-c3cccc4c3CC[C@H]4O)no2)cc1NO. The van der Waals surface area contributed by atoms with E-state index in [0.29, 0.717) is 41.7 Å². The van der Waals surface area contributed by atoms with Gasteiger partial charge in [-0.3, -0.25) is 10.7 Å². The lowest BCUT2D eigenvalue weighted by molar-refractivity contribution is 0.180. The number of hydrogen-bond acceptors (Lipinski definition) is 7. The van der Waals surface area contributed by atoms with E-state index >= 15 is 0 Å². The van der Waals surface area contributed by atoms with Gasteiger partial charge >= 0.3 is 0 Å². The number of anilines is 1. The minimum Gasteiger partial charge on any atom is -0.492 e. The van der Waals surface area contributed by atoms with Gasteiger partial charge in [0, 0.05) is 11.1 Å². The van der Waals surface area contributed by atoms with Gasteiger partial charge < -0.3 is 14.4 Å². The van der Waals surface area contributed by atoms with Crippen LogP contribution in [0.3, 0.4) is 0 Å². The zero-order valence-electron chi connectivity index (χ0n) is 14.3. The minimum atomic E-state index is -0.430. The van der Waals surface area contributed by atoms with E-state index in [9.17, 15) is 10.3 Å². The van der Waals surface area contributed by atoms with Gasteiger partial charge in [0.15, 0.2) is 0 Å². The summed E-state index contributed by atoms with van der Waals surface area (Å²) in [4.78, 5) is 4.49. The molecule has 3 N–H and O–H groups in total.